The summed E-state index contributed by atoms with van der Waals surface area (Å²) in [6.45, 7) is 25.5. The van der Waals surface area contributed by atoms with Crippen molar-refractivity contribution in [3.8, 4) is 56.8 Å². The van der Waals surface area contributed by atoms with E-state index in [2.05, 4.69) is 92.6 Å². The number of ketones is 3. The SMILES string of the molecule is CC(C)CC(=O)C=C(O)CC(C)C.CC(C)CC(=O)C=C(O)CC(C)C.CC(C)CC(=O)C=C(O)CC(C)C.CN(C)c1[c-]c(-c2ccc3ccccc3n2)cc(N(C)C)c1.[Ir].[Ir].[Ir].[c-]1cc2c(cc1-c1nccc3ccccc13)OCCO2.[c-]1cc2c(cc1-c1nccc3ccccc13)OCO2. The molecule has 2 aliphatic heterocycles. The van der Waals surface area contributed by atoms with Crippen LogP contribution in [0, 0.1) is 53.7 Å². The molecule has 11 rings (SSSR count). The van der Waals surface area contributed by atoms with E-state index in [0.717, 1.165) is 89.8 Å². The minimum absolute atomic E-state index is 0. The number of para-hydroxylation sites is 1. The summed E-state index contributed by atoms with van der Waals surface area (Å²) in [6, 6.07) is 54.4. The molecule has 6 aromatic carbocycles. The van der Waals surface area contributed by atoms with Gasteiger partial charge in [0.05, 0.1) is 45.8 Å². The van der Waals surface area contributed by atoms with Crippen molar-refractivity contribution in [1.29, 1.82) is 0 Å². The molecule has 3 aromatic heterocycles. The quantitative estimate of drug-likeness (QED) is 0.0370. The number of pyridine rings is 3. The van der Waals surface area contributed by atoms with Crippen LogP contribution in [0.4, 0.5) is 11.4 Å². The molecule has 18 heteroatoms. The minimum atomic E-state index is 0. The maximum absolute atomic E-state index is 11.2. The first-order chi connectivity index (χ1) is 47.6. The Morgan fingerprint density at radius 3 is 1.26 bits per heavy atom. The number of aromatic nitrogens is 3. The molecule has 3 radical (unpaired) electrons. The van der Waals surface area contributed by atoms with Crippen LogP contribution in [0.3, 0.4) is 0 Å². The number of hydrogen-bond donors (Lipinski definition) is 3. The van der Waals surface area contributed by atoms with Gasteiger partial charge in [0.25, 0.3) is 0 Å². The van der Waals surface area contributed by atoms with Crippen LogP contribution in [-0.2, 0) is 74.7 Å². The molecule has 0 fully saturated rings. The molecule has 0 saturated heterocycles. The number of rotatable bonds is 20. The van der Waals surface area contributed by atoms with Gasteiger partial charge in [0, 0.05) is 158 Å². The van der Waals surface area contributed by atoms with Gasteiger partial charge in [-0.15, -0.1) is 53.1 Å². The van der Waals surface area contributed by atoms with Gasteiger partial charge in [-0.3, -0.25) is 19.4 Å². The molecular weight excluding hydrogens is 1830 g/mol. The van der Waals surface area contributed by atoms with Crippen molar-refractivity contribution in [1.82, 2.24) is 15.0 Å². The van der Waals surface area contributed by atoms with Crippen molar-refractivity contribution in [3.63, 3.8) is 0 Å². The zero-order valence-corrected chi connectivity index (χ0v) is 69.5. The number of carbonyl (C=O) groups excluding carboxylic acids is 3. The Kier molecular flexibility index (Phi) is 39.1. The van der Waals surface area contributed by atoms with E-state index >= 15 is 0 Å². The van der Waals surface area contributed by atoms with Crippen LogP contribution >= 0.6 is 0 Å². The van der Waals surface area contributed by atoms with E-state index in [-0.39, 0.29) is 102 Å². The van der Waals surface area contributed by atoms with Crippen molar-refractivity contribution >= 4 is 61.2 Å². The zero-order chi connectivity index (χ0) is 73.0. The topological polar surface area (TPSA) is 194 Å². The van der Waals surface area contributed by atoms with E-state index in [1.165, 1.54) is 29.0 Å². The van der Waals surface area contributed by atoms with Crippen LogP contribution < -0.4 is 28.7 Å². The Morgan fingerprint density at radius 1 is 0.447 bits per heavy atom. The molecule has 0 amide bonds. The monoisotopic (exact) mass is 1930 g/mol. The van der Waals surface area contributed by atoms with Crippen LogP contribution in [0.15, 0.2) is 181 Å². The normalized spacial score (nSPS) is 12.0. The molecule has 0 bridgehead atoms. The predicted molar refractivity (Wildman–Crippen MR) is 408 cm³/mol. The van der Waals surface area contributed by atoms with Gasteiger partial charge >= 0.3 is 0 Å². The number of aliphatic hydroxyl groups is 3. The standard InChI is InChI=1S/C19H20N3.C17H12NO2.C16H10NO2.3C11H20O2.3Ir/c1-21(2)16-11-15(12-17(13-16)22(3)4)19-10-9-14-7-5-6-8-18(14)20-19;1-2-4-14-12(3-1)7-8-18-17(14)13-5-6-15-16(11-13)20-10-9-19-15;1-2-4-13-11(3-1)7-8-17-16(13)12-5-6-14-15(9-12)19-10-18-14;3*1-8(2)5-10(12)7-11(13)6-9(3)4;;;/h5-11,13H,1-4H3;1-4,6-8,11H,9-10H2;1-4,6-9H,10H2;3*7-9,12H,5-6H2,1-4H3;;;/q3*-1;;;;;;. The Labute approximate surface area is 651 Å². The fourth-order valence-corrected chi connectivity index (χ4v) is 10.5. The molecule has 0 unspecified atom stereocenters. The fourth-order valence-electron chi connectivity index (χ4n) is 10.5. The predicted octanol–water partition coefficient (Wildman–Crippen LogP) is 20.0. The van der Waals surface area contributed by atoms with Gasteiger partial charge in [0.15, 0.2) is 17.3 Å². The average molecular weight is 1930 g/mol. The van der Waals surface area contributed by atoms with Gasteiger partial charge < -0.3 is 54.0 Å². The molecule has 103 heavy (non-hydrogen) atoms. The second-order valence-corrected chi connectivity index (χ2v) is 27.7. The summed E-state index contributed by atoms with van der Waals surface area (Å²) < 4.78 is 21.9. The fraction of sp³-hybridized carbons (Fsp3) is 0.365. The van der Waals surface area contributed by atoms with Gasteiger partial charge in [0.2, 0.25) is 6.79 Å². The molecule has 557 valence electrons. The number of allylic oxidation sites excluding steroid dienone is 6. The molecule has 0 atom stereocenters. The van der Waals surface area contributed by atoms with Gasteiger partial charge in [0.1, 0.15) is 13.2 Å². The smallest absolute Gasteiger partial charge is 0.218 e. The van der Waals surface area contributed by atoms with Crippen LogP contribution in [-0.4, -0.2) is 95.8 Å². The van der Waals surface area contributed by atoms with E-state index in [1.807, 2.05) is 196 Å². The minimum Gasteiger partial charge on any atom is -0.530 e. The first kappa shape index (κ1) is 89.1. The number of fused-ring (bicyclic) bond motifs is 5. The van der Waals surface area contributed by atoms with E-state index < -0.39 is 0 Å². The Balaban J connectivity index is 0.000000324. The number of anilines is 2. The third kappa shape index (κ3) is 30.6. The Hall–Kier alpha value is -8.07. The van der Waals surface area contributed by atoms with E-state index in [0.29, 0.717) is 87.2 Å². The first-order valence-corrected chi connectivity index (χ1v) is 34.5. The van der Waals surface area contributed by atoms with Crippen molar-refractivity contribution in [2.24, 2.45) is 35.5 Å². The Bertz CT molecular complexity index is 4100. The summed E-state index contributed by atoms with van der Waals surface area (Å²) in [5.74, 6) is 5.94. The second-order valence-electron chi connectivity index (χ2n) is 27.7. The number of aliphatic hydroxyl groups excluding tert-OH is 3. The summed E-state index contributed by atoms with van der Waals surface area (Å²) in [7, 11) is 8.16. The van der Waals surface area contributed by atoms with Crippen molar-refractivity contribution < 1.29 is 109 Å². The zero-order valence-electron chi connectivity index (χ0n) is 62.4. The summed E-state index contributed by atoms with van der Waals surface area (Å²) in [4.78, 5) is 51.5. The van der Waals surface area contributed by atoms with Gasteiger partial charge in [-0.05, 0) is 109 Å². The van der Waals surface area contributed by atoms with Crippen molar-refractivity contribution in [3.05, 3.63) is 200 Å². The number of carbonyl (C=O) groups is 3. The number of nitrogens with zero attached hydrogens (tertiary/aromatic N) is 5. The van der Waals surface area contributed by atoms with E-state index in [1.54, 1.807) is 6.07 Å². The van der Waals surface area contributed by atoms with E-state index in [9.17, 15) is 29.7 Å². The van der Waals surface area contributed by atoms with Gasteiger partial charge in [-0.1, -0.05) is 180 Å². The maximum Gasteiger partial charge on any atom is 0.218 e. The molecule has 9 aromatic rings. The average Bonchev–Trinajstić information content (AvgIpc) is 1.31. The van der Waals surface area contributed by atoms with E-state index in [4.69, 9.17) is 23.9 Å². The first-order valence-electron chi connectivity index (χ1n) is 34.5. The molecule has 0 aliphatic carbocycles. The molecular formula is C85H102Ir3N5O10-3. The third-order valence-electron chi connectivity index (χ3n) is 15.0. The molecule has 0 saturated carbocycles. The molecule has 2 aliphatic rings. The van der Waals surface area contributed by atoms with Crippen molar-refractivity contribution in [2.45, 2.75) is 122 Å². The second kappa shape index (κ2) is 45.2. The van der Waals surface area contributed by atoms with Gasteiger partial charge in [-0.2, -0.15) is 0 Å². The largest absolute Gasteiger partial charge is 0.530 e. The Morgan fingerprint density at radius 2 is 0.835 bits per heavy atom. The summed E-state index contributed by atoms with van der Waals surface area (Å²) in [6.07, 6.45) is 11.0. The number of hydrogen-bond acceptors (Lipinski definition) is 15. The molecule has 15 nitrogen and oxygen atoms in total. The molecule has 0 spiro atoms. The van der Waals surface area contributed by atoms with Crippen LogP contribution in [0.1, 0.15) is 122 Å². The number of benzene rings is 6. The van der Waals surface area contributed by atoms with Crippen molar-refractivity contribution in [2.75, 3.05) is 58.0 Å². The maximum atomic E-state index is 11.2. The summed E-state index contributed by atoms with van der Waals surface area (Å²) in [5.41, 5.74) is 8.84. The van der Waals surface area contributed by atoms with Crippen LogP contribution in [0.2, 0.25) is 0 Å². The van der Waals surface area contributed by atoms with Gasteiger partial charge in [-0.25, -0.2) is 0 Å². The number of ether oxygens (including phenoxy) is 4. The summed E-state index contributed by atoms with van der Waals surface area (Å²) >= 11 is 0. The third-order valence-corrected chi connectivity index (χ3v) is 15.0. The summed E-state index contributed by atoms with van der Waals surface area (Å²) in [5, 5.41) is 33.7. The molecule has 3 N–H and O–H groups in total. The molecule has 5 heterocycles. The van der Waals surface area contributed by atoms with Crippen LogP contribution in [0.5, 0.6) is 23.0 Å². The van der Waals surface area contributed by atoms with Crippen LogP contribution in [0.25, 0.3) is 66.2 Å².